The molecule has 0 aromatic heterocycles. The van der Waals surface area contributed by atoms with E-state index < -0.39 is 5.97 Å². The van der Waals surface area contributed by atoms with Crippen molar-refractivity contribution < 1.29 is 19.4 Å². The predicted molar refractivity (Wildman–Crippen MR) is 77.0 cm³/mol. The summed E-state index contributed by atoms with van der Waals surface area (Å²) in [5.41, 5.74) is 1.66. The second-order valence-electron chi connectivity index (χ2n) is 4.10. The van der Waals surface area contributed by atoms with Gasteiger partial charge in [0.15, 0.2) is 0 Å². The number of rotatable bonds is 4. The van der Waals surface area contributed by atoms with Crippen LogP contribution in [-0.2, 0) is 0 Å². The number of hydrogen-bond acceptors (Lipinski definition) is 3. The summed E-state index contributed by atoms with van der Waals surface area (Å²) >= 11 is 6.08. The van der Waals surface area contributed by atoms with E-state index in [9.17, 15) is 4.79 Å². The average Bonchev–Trinajstić information content (AvgIpc) is 2.46. The lowest BCUT2D eigenvalue weighted by molar-refractivity contribution is 0.0696. The molecule has 4 nitrogen and oxygen atoms in total. The molecule has 0 aliphatic carbocycles. The molecule has 0 radical (unpaired) electrons. The van der Waals surface area contributed by atoms with Crippen molar-refractivity contribution in [1.82, 2.24) is 0 Å². The summed E-state index contributed by atoms with van der Waals surface area (Å²) in [5, 5.41) is 9.57. The van der Waals surface area contributed by atoms with E-state index in [1.54, 1.807) is 24.3 Å². The van der Waals surface area contributed by atoms with Gasteiger partial charge < -0.3 is 14.6 Å². The van der Waals surface area contributed by atoms with E-state index >= 15 is 0 Å². The van der Waals surface area contributed by atoms with Crippen LogP contribution in [0.25, 0.3) is 11.1 Å². The Bertz CT molecular complexity index is 652. The maximum absolute atomic E-state index is 11.1. The number of carboxylic acid groups (broad SMARTS) is 1. The molecule has 1 N–H and O–H groups in total. The van der Waals surface area contributed by atoms with Crippen molar-refractivity contribution in [3.63, 3.8) is 0 Å². The lowest BCUT2D eigenvalue weighted by Crippen LogP contribution is -1.98. The Labute approximate surface area is 121 Å². The molecule has 2 aromatic rings. The van der Waals surface area contributed by atoms with E-state index in [-0.39, 0.29) is 5.56 Å². The molecule has 0 fully saturated rings. The summed E-state index contributed by atoms with van der Waals surface area (Å²) in [6.07, 6.45) is 0. The lowest BCUT2D eigenvalue weighted by Gasteiger charge is -2.09. The molecule has 0 unspecified atom stereocenters. The van der Waals surface area contributed by atoms with Crippen LogP contribution < -0.4 is 9.47 Å². The van der Waals surface area contributed by atoms with Crippen LogP contribution in [0.2, 0.25) is 5.02 Å². The van der Waals surface area contributed by atoms with Gasteiger partial charge in [0.05, 0.1) is 24.8 Å². The molecule has 0 heterocycles. The molecule has 0 atom stereocenters. The number of ether oxygens (including phenoxy) is 2. The van der Waals surface area contributed by atoms with Crippen LogP contribution in [-0.4, -0.2) is 25.3 Å². The highest BCUT2D eigenvalue weighted by Crippen LogP contribution is 2.32. The fourth-order valence-corrected chi connectivity index (χ4v) is 2.11. The molecule has 2 rings (SSSR count). The number of aromatic carboxylic acids is 1. The molecule has 0 amide bonds. The van der Waals surface area contributed by atoms with Crippen LogP contribution in [0.15, 0.2) is 36.4 Å². The largest absolute Gasteiger partial charge is 0.497 e. The summed E-state index contributed by atoms with van der Waals surface area (Å²) in [7, 11) is 3.03. The summed E-state index contributed by atoms with van der Waals surface area (Å²) in [4.78, 5) is 11.1. The molecule has 5 heteroatoms. The minimum atomic E-state index is -1.01. The van der Waals surface area contributed by atoms with Crippen LogP contribution >= 0.6 is 11.6 Å². The summed E-state index contributed by atoms with van der Waals surface area (Å²) in [6.45, 7) is 0. The normalized spacial score (nSPS) is 10.2. The number of halogens is 1. The SMILES string of the molecule is COc1cc(C(=O)O)cc(-c2ccc(OC)c(Cl)c2)c1. The van der Waals surface area contributed by atoms with E-state index in [4.69, 9.17) is 26.2 Å². The molecular weight excluding hydrogens is 280 g/mol. The molecular formula is C15H13ClO4. The van der Waals surface area contributed by atoms with Crippen LogP contribution in [0.1, 0.15) is 10.4 Å². The fraction of sp³-hybridized carbons (Fsp3) is 0.133. The second kappa shape index (κ2) is 5.84. The van der Waals surface area contributed by atoms with Crippen LogP contribution in [0.3, 0.4) is 0 Å². The molecule has 2 aromatic carbocycles. The van der Waals surface area contributed by atoms with E-state index in [1.165, 1.54) is 20.3 Å². The summed E-state index contributed by atoms with van der Waals surface area (Å²) in [6, 6.07) is 10.1. The first-order valence-electron chi connectivity index (χ1n) is 5.81. The highest BCUT2D eigenvalue weighted by Gasteiger charge is 2.10. The molecule has 0 aliphatic heterocycles. The van der Waals surface area contributed by atoms with E-state index in [0.29, 0.717) is 22.1 Å². The monoisotopic (exact) mass is 292 g/mol. The van der Waals surface area contributed by atoms with Gasteiger partial charge in [-0.1, -0.05) is 17.7 Å². The number of benzene rings is 2. The van der Waals surface area contributed by atoms with E-state index in [1.807, 2.05) is 6.07 Å². The van der Waals surface area contributed by atoms with Gasteiger partial charge in [-0.3, -0.25) is 0 Å². The van der Waals surface area contributed by atoms with E-state index in [0.717, 1.165) is 5.56 Å². The Morgan fingerprint density at radius 2 is 1.80 bits per heavy atom. The smallest absolute Gasteiger partial charge is 0.335 e. The van der Waals surface area contributed by atoms with Crippen molar-refractivity contribution in [3.8, 4) is 22.6 Å². The maximum Gasteiger partial charge on any atom is 0.335 e. The van der Waals surface area contributed by atoms with Crippen molar-refractivity contribution in [2.24, 2.45) is 0 Å². The standard InChI is InChI=1S/C15H13ClO4/c1-19-12-6-10(5-11(7-12)15(17)18)9-3-4-14(20-2)13(16)8-9/h3-8H,1-2H3,(H,17,18). The van der Waals surface area contributed by atoms with Crippen molar-refractivity contribution in [2.45, 2.75) is 0 Å². The predicted octanol–water partition coefficient (Wildman–Crippen LogP) is 3.72. The third-order valence-electron chi connectivity index (χ3n) is 2.87. The minimum absolute atomic E-state index is 0.159. The summed E-state index contributed by atoms with van der Waals surface area (Å²) in [5.74, 6) is 0.0355. The van der Waals surface area contributed by atoms with Crippen molar-refractivity contribution in [2.75, 3.05) is 14.2 Å². The first-order valence-corrected chi connectivity index (χ1v) is 6.19. The van der Waals surface area contributed by atoms with Crippen LogP contribution in [0.4, 0.5) is 0 Å². The third-order valence-corrected chi connectivity index (χ3v) is 3.17. The van der Waals surface area contributed by atoms with Gasteiger partial charge in [0.1, 0.15) is 11.5 Å². The molecule has 0 aliphatic rings. The number of hydrogen-bond donors (Lipinski definition) is 1. The summed E-state index contributed by atoms with van der Waals surface area (Å²) < 4.78 is 10.2. The van der Waals surface area contributed by atoms with Crippen molar-refractivity contribution in [3.05, 3.63) is 47.0 Å². The first kappa shape index (κ1) is 14.2. The van der Waals surface area contributed by atoms with Gasteiger partial charge in [-0.25, -0.2) is 4.79 Å². The van der Waals surface area contributed by atoms with Gasteiger partial charge in [0, 0.05) is 0 Å². The van der Waals surface area contributed by atoms with Gasteiger partial charge in [0.25, 0.3) is 0 Å². The molecule has 0 bridgehead atoms. The first-order chi connectivity index (χ1) is 9.55. The van der Waals surface area contributed by atoms with Gasteiger partial charge in [-0.15, -0.1) is 0 Å². The van der Waals surface area contributed by atoms with Crippen molar-refractivity contribution in [1.29, 1.82) is 0 Å². The van der Waals surface area contributed by atoms with Crippen LogP contribution in [0.5, 0.6) is 11.5 Å². The van der Waals surface area contributed by atoms with Crippen LogP contribution in [0, 0.1) is 0 Å². The minimum Gasteiger partial charge on any atom is -0.497 e. The van der Waals surface area contributed by atoms with Crippen molar-refractivity contribution >= 4 is 17.6 Å². The zero-order valence-corrected chi connectivity index (χ0v) is 11.8. The zero-order chi connectivity index (χ0) is 14.7. The Balaban J connectivity index is 2.54. The molecule has 0 saturated heterocycles. The number of methoxy groups -OCH3 is 2. The van der Waals surface area contributed by atoms with Gasteiger partial charge in [-0.05, 0) is 41.5 Å². The zero-order valence-electron chi connectivity index (χ0n) is 11.0. The molecule has 0 saturated carbocycles. The second-order valence-corrected chi connectivity index (χ2v) is 4.51. The topological polar surface area (TPSA) is 55.8 Å². The molecule has 20 heavy (non-hydrogen) atoms. The number of carbonyl (C=O) groups is 1. The van der Waals surface area contributed by atoms with Gasteiger partial charge >= 0.3 is 5.97 Å². The number of carboxylic acids is 1. The maximum atomic E-state index is 11.1. The van der Waals surface area contributed by atoms with E-state index in [2.05, 4.69) is 0 Å². The Morgan fingerprint density at radius 3 is 2.35 bits per heavy atom. The highest BCUT2D eigenvalue weighted by molar-refractivity contribution is 6.32. The lowest BCUT2D eigenvalue weighted by atomic mass is 10.0. The Kier molecular flexibility index (Phi) is 4.15. The molecule has 0 spiro atoms. The quantitative estimate of drug-likeness (QED) is 0.933. The molecule has 104 valence electrons. The van der Waals surface area contributed by atoms with Gasteiger partial charge in [-0.2, -0.15) is 0 Å². The fourth-order valence-electron chi connectivity index (χ4n) is 1.85. The Hall–Kier alpha value is -2.20. The Morgan fingerprint density at radius 1 is 1.05 bits per heavy atom. The van der Waals surface area contributed by atoms with Gasteiger partial charge in [0.2, 0.25) is 0 Å². The highest BCUT2D eigenvalue weighted by atomic mass is 35.5. The average molecular weight is 293 g/mol. The third kappa shape index (κ3) is 2.86.